The molecule has 0 fully saturated rings. The molecule has 2 aromatic heterocycles. The number of carbonyl (C=O) groups is 1. The molecule has 2 N–H and O–H groups in total. The fourth-order valence-electron chi connectivity index (χ4n) is 2.45. The molecule has 0 atom stereocenters. The summed E-state index contributed by atoms with van der Waals surface area (Å²) < 4.78 is 7.10. The molecule has 2 heterocycles. The number of nitrogens with one attached hydrogen (secondary N) is 2. The molecule has 0 saturated heterocycles. The Hall–Kier alpha value is -2.83. The fraction of sp³-hybridized carbons (Fsp3) is 0.312. The number of hydrogen-bond donors (Lipinski definition) is 2. The first-order chi connectivity index (χ1) is 11.1. The third-order valence-electron chi connectivity index (χ3n) is 3.95. The van der Waals surface area contributed by atoms with Gasteiger partial charge in [-0.1, -0.05) is 0 Å². The SMILES string of the molecule is COc1ccc2[nH]cc(CC(=O)NCc3nnc(C)n3C)c2c1. The monoisotopic (exact) mass is 313 g/mol. The predicted octanol–water partition coefficient (Wildman–Crippen LogP) is 1.47. The molecule has 23 heavy (non-hydrogen) atoms. The van der Waals surface area contributed by atoms with Crippen LogP contribution in [0.1, 0.15) is 17.2 Å². The Morgan fingerprint density at radius 1 is 1.39 bits per heavy atom. The van der Waals surface area contributed by atoms with Crippen LogP contribution in [0.4, 0.5) is 0 Å². The molecule has 0 bridgehead atoms. The topological polar surface area (TPSA) is 84.8 Å². The number of carbonyl (C=O) groups excluding carboxylic acids is 1. The summed E-state index contributed by atoms with van der Waals surface area (Å²) in [4.78, 5) is 15.4. The summed E-state index contributed by atoms with van der Waals surface area (Å²) in [5.41, 5.74) is 1.92. The minimum Gasteiger partial charge on any atom is -0.497 e. The van der Waals surface area contributed by atoms with Gasteiger partial charge in [0, 0.05) is 24.1 Å². The van der Waals surface area contributed by atoms with Gasteiger partial charge < -0.3 is 19.6 Å². The molecule has 7 heteroatoms. The van der Waals surface area contributed by atoms with E-state index in [1.165, 1.54) is 0 Å². The zero-order chi connectivity index (χ0) is 16.4. The van der Waals surface area contributed by atoms with E-state index in [9.17, 15) is 4.79 Å². The Kier molecular flexibility index (Phi) is 4.01. The summed E-state index contributed by atoms with van der Waals surface area (Å²) in [5, 5.41) is 11.9. The standard InChI is InChI=1S/C16H19N5O2/c1-10-19-20-15(21(10)2)9-18-16(22)6-11-8-17-14-5-4-12(23-3)7-13(11)14/h4-5,7-8,17H,6,9H2,1-3H3,(H,18,22). The molecule has 1 aromatic carbocycles. The minimum absolute atomic E-state index is 0.0608. The fourth-order valence-corrected chi connectivity index (χ4v) is 2.45. The number of aromatic nitrogens is 4. The number of hydrogen-bond acceptors (Lipinski definition) is 4. The first-order valence-corrected chi connectivity index (χ1v) is 7.34. The van der Waals surface area contributed by atoms with Crippen molar-refractivity contribution < 1.29 is 9.53 Å². The molecule has 0 unspecified atom stereocenters. The zero-order valence-corrected chi connectivity index (χ0v) is 13.4. The minimum atomic E-state index is -0.0608. The van der Waals surface area contributed by atoms with Crippen LogP contribution < -0.4 is 10.1 Å². The van der Waals surface area contributed by atoms with E-state index in [4.69, 9.17) is 4.74 Å². The zero-order valence-electron chi connectivity index (χ0n) is 13.4. The first-order valence-electron chi connectivity index (χ1n) is 7.34. The summed E-state index contributed by atoms with van der Waals surface area (Å²) in [5.74, 6) is 2.26. The van der Waals surface area contributed by atoms with Gasteiger partial charge in [-0.05, 0) is 30.7 Å². The number of H-pyrrole nitrogens is 1. The molecule has 0 aliphatic carbocycles. The molecule has 3 rings (SSSR count). The lowest BCUT2D eigenvalue weighted by Gasteiger charge is -2.05. The second kappa shape index (κ2) is 6.12. The predicted molar refractivity (Wildman–Crippen MR) is 86.1 cm³/mol. The number of fused-ring (bicyclic) bond motifs is 1. The molecule has 0 saturated carbocycles. The van der Waals surface area contributed by atoms with Crippen molar-refractivity contribution in [3.63, 3.8) is 0 Å². The highest BCUT2D eigenvalue weighted by molar-refractivity contribution is 5.89. The molecular weight excluding hydrogens is 294 g/mol. The average molecular weight is 313 g/mol. The summed E-state index contributed by atoms with van der Waals surface area (Å²) in [6, 6.07) is 5.76. The van der Waals surface area contributed by atoms with Crippen molar-refractivity contribution in [1.29, 1.82) is 0 Å². The van der Waals surface area contributed by atoms with E-state index < -0.39 is 0 Å². The lowest BCUT2D eigenvalue weighted by molar-refractivity contribution is -0.120. The van der Waals surface area contributed by atoms with Crippen molar-refractivity contribution >= 4 is 16.8 Å². The summed E-state index contributed by atoms with van der Waals surface area (Å²) in [6.45, 7) is 2.24. The van der Waals surface area contributed by atoms with E-state index in [0.717, 1.165) is 33.9 Å². The third-order valence-corrected chi connectivity index (χ3v) is 3.95. The van der Waals surface area contributed by atoms with Crippen molar-refractivity contribution in [1.82, 2.24) is 25.1 Å². The van der Waals surface area contributed by atoms with Gasteiger partial charge in [-0.3, -0.25) is 4.79 Å². The van der Waals surface area contributed by atoms with Gasteiger partial charge in [-0.15, -0.1) is 10.2 Å². The second-order valence-corrected chi connectivity index (χ2v) is 5.40. The molecule has 1 amide bonds. The lowest BCUT2D eigenvalue weighted by atomic mass is 10.1. The van der Waals surface area contributed by atoms with E-state index in [-0.39, 0.29) is 5.91 Å². The van der Waals surface area contributed by atoms with Crippen LogP contribution in [0.3, 0.4) is 0 Å². The van der Waals surface area contributed by atoms with E-state index in [0.29, 0.717) is 13.0 Å². The van der Waals surface area contributed by atoms with Crippen molar-refractivity contribution in [2.24, 2.45) is 7.05 Å². The van der Waals surface area contributed by atoms with Crippen LogP contribution in [0, 0.1) is 6.92 Å². The van der Waals surface area contributed by atoms with Crippen molar-refractivity contribution in [3.8, 4) is 5.75 Å². The Balaban J connectivity index is 1.69. The number of methoxy groups -OCH3 is 1. The lowest BCUT2D eigenvalue weighted by Crippen LogP contribution is -2.26. The Labute approximate surface area is 133 Å². The quantitative estimate of drug-likeness (QED) is 0.747. The van der Waals surface area contributed by atoms with E-state index in [1.807, 2.05) is 42.9 Å². The van der Waals surface area contributed by atoms with E-state index in [1.54, 1.807) is 7.11 Å². The van der Waals surface area contributed by atoms with Crippen molar-refractivity contribution in [3.05, 3.63) is 41.6 Å². The Morgan fingerprint density at radius 3 is 2.91 bits per heavy atom. The molecule has 0 spiro atoms. The Bertz CT molecular complexity index is 849. The number of nitrogens with zero attached hydrogens (tertiary/aromatic N) is 3. The van der Waals surface area contributed by atoms with Gasteiger partial charge in [0.25, 0.3) is 0 Å². The van der Waals surface area contributed by atoms with Gasteiger partial charge in [0.1, 0.15) is 11.6 Å². The maximum atomic E-state index is 12.2. The smallest absolute Gasteiger partial charge is 0.224 e. The molecule has 0 aliphatic rings. The molecule has 120 valence electrons. The van der Waals surface area contributed by atoms with Crippen LogP contribution in [0.5, 0.6) is 5.75 Å². The maximum Gasteiger partial charge on any atom is 0.224 e. The highest BCUT2D eigenvalue weighted by Crippen LogP contribution is 2.23. The number of rotatable bonds is 5. The molecule has 7 nitrogen and oxygen atoms in total. The molecule has 0 radical (unpaired) electrons. The summed E-state index contributed by atoms with van der Waals surface area (Å²) in [7, 11) is 3.51. The van der Waals surface area contributed by atoms with Crippen LogP contribution in [0.2, 0.25) is 0 Å². The summed E-state index contributed by atoms with van der Waals surface area (Å²) >= 11 is 0. The van der Waals surface area contributed by atoms with E-state index >= 15 is 0 Å². The van der Waals surface area contributed by atoms with Crippen LogP contribution in [-0.4, -0.2) is 32.8 Å². The molecule has 3 aromatic rings. The highest BCUT2D eigenvalue weighted by atomic mass is 16.5. The highest BCUT2D eigenvalue weighted by Gasteiger charge is 2.11. The Morgan fingerprint density at radius 2 is 2.22 bits per heavy atom. The average Bonchev–Trinajstić information content (AvgIpc) is 3.10. The van der Waals surface area contributed by atoms with Gasteiger partial charge in [-0.2, -0.15) is 0 Å². The third kappa shape index (κ3) is 3.03. The van der Waals surface area contributed by atoms with Crippen molar-refractivity contribution in [2.75, 3.05) is 7.11 Å². The van der Waals surface area contributed by atoms with Gasteiger partial charge in [-0.25, -0.2) is 0 Å². The maximum absolute atomic E-state index is 12.2. The van der Waals surface area contributed by atoms with Crippen molar-refractivity contribution in [2.45, 2.75) is 19.9 Å². The van der Waals surface area contributed by atoms with Gasteiger partial charge in [0.15, 0.2) is 5.82 Å². The van der Waals surface area contributed by atoms with Crippen LogP contribution in [0.15, 0.2) is 24.4 Å². The van der Waals surface area contributed by atoms with Gasteiger partial charge in [0.2, 0.25) is 5.91 Å². The first kappa shape index (κ1) is 15.1. The number of ether oxygens (including phenoxy) is 1. The number of amides is 1. The molecule has 0 aliphatic heterocycles. The van der Waals surface area contributed by atoms with Crippen LogP contribution in [-0.2, 0) is 24.8 Å². The van der Waals surface area contributed by atoms with E-state index in [2.05, 4.69) is 20.5 Å². The number of benzene rings is 1. The number of aromatic amines is 1. The van der Waals surface area contributed by atoms with Gasteiger partial charge >= 0.3 is 0 Å². The second-order valence-electron chi connectivity index (χ2n) is 5.40. The summed E-state index contributed by atoms with van der Waals surface area (Å²) in [6.07, 6.45) is 2.15. The van der Waals surface area contributed by atoms with Crippen LogP contribution >= 0.6 is 0 Å². The normalized spacial score (nSPS) is 10.9. The van der Waals surface area contributed by atoms with Crippen LogP contribution in [0.25, 0.3) is 10.9 Å². The largest absolute Gasteiger partial charge is 0.497 e. The van der Waals surface area contributed by atoms with Gasteiger partial charge in [0.05, 0.1) is 20.1 Å². The number of aryl methyl sites for hydroxylation is 1. The molecular formula is C16H19N5O2.